The fourth-order valence-corrected chi connectivity index (χ4v) is 6.21. The van der Waals surface area contributed by atoms with Crippen molar-refractivity contribution in [3.05, 3.63) is 57.0 Å². The summed E-state index contributed by atoms with van der Waals surface area (Å²) in [5.74, 6) is 0.417. The number of hydrogen-bond acceptors (Lipinski definition) is 4. The second kappa shape index (κ2) is 10.6. The Morgan fingerprint density at radius 2 is 1.55 bits per heavy atom. The predicted molar refractivity (Wildman–Crippen MR) is 159 cm³/mol. The van der Waals surface area contributed by atoms with Gasteiger partial charge in [0.05, 0.1) is 34.7 Å². The first-order valence-corrected chi connectivity index (χ1v) is 14.8. The Balaban J connectivity index is 1.42. The molecule has 4 aromatic rings. The Morgan fingerprint density at radius 3 is 2.18 bits per heavy atom. The van der Waals surface area contributed by atoms with Gasteiger partial charge >= 0.3 is 6.09 Å². The van der Waals surface area contributed by atoms with Crippen molar-refractivity contribution in [2.45, 2.75) is 72.1 Å². The first-order chi connectivity index (χ1) is 18.0. The zero-order valence-corrected chi connectivity index (χ0v) is 25.8. The number of amides is 1. The Hall–Kier alpha value is -2.39. The molecule has 0 bridgehead atoms. The van der Waals surface area contributed by atoms with Crippen molar-refractivity contribution >= 4 is 60.0 Å². The Morgan fingerprint density at radius 1 is 0.974 bits per heavy atom. The highest BCUT2D eigenvalue weighted by atomic mass is 79.9. The summed E-state index contributed by atoms with van der Waals surface area (Å²) in [7, 11) is 0. The minimum absolute atomic E-state index is 0.215. The van der Waals surface area contributed by atoms with Gasteiger partial charge in [0, 0.05) is 34.6 Å². The van der Waals surface area contributed by atoms with E-state index in [0.29, 0.717) is 19.0 Å². The van der Waals surface area contributed by atoms with Crippen LogP contribution in [0.15, 0.2) is 45.9 Å². The van der Waals surface area contributed by atoms with Gasteiger partial charge in [0.2, 0.25) is 0 Å². The van der Waals surface area contributed by atoms with Gasteiger partial charge in [0.25, 0.3) is 0 Å². The number of imidazole rings is 2. The highest BCUT2D eigenvalue weighted by Gasteiger charge is 2.32. The lowest BCUT2D eigenvalue weighted by Crippen LogP contribution is -2.43. The summed E-state index contributed by atoms with van der Waals surface area (Å²) in [6.07, 6.45) is 6.54. The topological polar surface area (TPSA) is 65.2 Å². The van der Waals surface area contributed by atoms with E-state index in [1.807, 2.05) is 38.3 Å². The predicted octanol–water partition coefficient (Wildman–Crippen LogP) is 7.81. The third kappa shape index (κ3) is 5.37. The van der Waals surface area contributed by atoms with Crippen LogP contribution in [0.3, 0.4) is 0 Å². The summed E-state index contributed by atoms with van der Waals surface area (Å²) in [6.45, 7) is 12.2. The number of ether oxygens (including phenoxy) is 1. The molecule has 1 aliphatic heterocycles. The molecular weight excluding hydrogens is 610 g/mol. The number of piperidine rings is 1. The highest BCUT2D eigenvalue weighted by molar-refractivity contribution is 9.10. The Bertz CT molecular complexity index is 1480. The minimum Gasteiger partial charge on any atom is -0.444 e. The number of hydrogen-bond donors (Lipinski definition) is 0. The van der Waals surface area contributed by atoms with Crippen LogP contribution < -0.4 is 0 Å². The fraction of sp³-hybridized carbons (Fsp3) is 0.483. The Labute approximate surface area is 240 Å². The van der Waals surface area contributed by atoms with Gasteiger partial charge in [-0.05, 0) is 95.2 Å². The van der Waals surface area contributed by atoms with Crippen molar-refractivity contribution in [2.24, 2.45) is 5.92 Å². The van der Waals surface area contributed by atoms with Gasteiger partial charge in [-0.1, -0.05) is 31.9 Å². The lowest BCUT2D eigenvalue weighted by Gasteiger charge is -2.37. The molecule has 2 aromatic carbocycles. The van der Waals surface area contributed by atoms with E-state index in [1.54, 1.807) is 0 Å². The maximum atomic E-state index is 12.7. The van der Waals surface area contributed by atoms with Gasteiger partial charge in [-0.3, -0.25) is 0 Å². The van der Waals surface area contributed by atoms with E-state index in [4.69, 9.17) is 14.7 Å². The van der Waals surface area contributed by atoms with Crippen molar-refractivity contribution < 1.29 is 9.53 Å². The van der Waals surface area contributed by atoms with Crippen molar-refractivity contribution in [1.82, 2.24) is 24.0 Å². The average molecular weight is 645 g/mol. The maximum absolute atomic E-state index is 12.7. The Kier molecular flexibility index (Phi) is 7.61. The second-order valence-electron chi connectivity index (χ2n) is 11.3. The SMILES string of the molecule is Cc1c(Br)ccc2c1ncn2CCC(C1CCN(C(=O)OC(C)(C)C)CC1)n1cnc2c(C)c(Br)ccc21. The van der Waals surface area contributed by atoms with Gasteiger partial charge < -0.3 is 18.8 Å². The zero-order chi connectivity index (χ0) is 27.2. The molecule has 1 fully saturated rings. The average Bonchev–Trinajstić information content (AvgIpc) is 3.48. The number of benzene rings is 2. The third-order valence-corrected chi connectivity index (χ3v) is 9.39. The smallest absolute Gasteiger partial charge is 0.410 e. The molecular formula is C29H35Br2N5O2. The number of carbonyl (C=O) groups excluding carboxylic acids is 1. The van der Waals surface area contributed by atoms with Gasteiger partial charge in [0.1, 0.15) is 5.60 Å². The van der Waals surface area contributed by atoms with E-state index < -0.39 is 5.60 Å². The molecule has 0 radical (unpaired) electrons. The largest absolute Gasteiger partial charge is 0.444 e. The number of rotatable bonds is 5. The lowest BCUT2D eigenvalue weighted by atomic mass is 9.87. The normalized spacial score (nSPS) is 15.9. The molecule has 1 aliphatic rings. The van der Waals surface area contributed by atoms with Crippen LogP contribution in [0.5, 0.6) is 0 Å². The van der Waals surface area contributed by atoms with Crippen molar-refractivity contribution in [1.29, 1.82) is 0 Å². The van der Waals surface area contributed by atoms with Crippen LogP contribution in [0.1, 0.15) is 57.2 Å². The fourth-order valence-electron chi connectivity index (χ4n) is 5.57. The standard InChI is InChI=1S/C29H35Br2N5O2/c1-18-21(30)6-8-24-26(18)32-16-35(24)15-12-23(36-17-33-27-19(2)22(31)7-9-25(27)36)20-10-13-34(14-11-20)28(37)38-29(3,4)5/h6-9,16-17,20,23H,10-15H2,1-5H3. The molecule has 38 heavy (non-hydrogen) atoms. The van der Waals surface area contributed by atoms with E-state index >= 15 is 0 Å². The van der Waals surface area contributed by atoms with Gasteiger partial charge in [-0.15, -0.1) is 0 Å². The second-order valence-corrected chi connectivity index (χ2v) is 13.0. The third-order valence-electron chi connectivity index (χ3n) is 7.67. The maximum Gasteiger partial charge on any atom is 0.410 e. The number of carbonyl (C=O) groups is 1. The number of fused-ring (bicyclic) bond motifs is 2. The van der Waals surface area contributed by atoms with Crippen LogP contribution in [-0.2, 0) is 11.3 Å². The first-order valence-electron chi connectivity index (χ1n) is 13.2. The van der Waals surface area contributed by atoms with Gasteiger partial charge in [0.15, 0.2) is 0 Å². The summed E-state index contributed by atoms with van der Waals surface area (Å²) in [5.41, 5.74) is 6.20. The molecule has 1 unspecified atom stereocenters. The molecule has 7 nitrogen and oxygen atoms in total. The molecule has 1 atom stereocenters. The van der Waals surface area contributed by atoms with Crippen molar-refractivity contribution in [3.63, 3.8) is 0 Å². The number of aromatic nitrogens is 4. The van der Waals surface area contributed by atoms with Gasteiger partial charge in [-0.25, -0.2) is 14.8 Å². The molecule has 1 amide bonds. The van der Waals surface area contributed by atoms with E-state index in [-0.39, 0.29) is 12.1 Å². The first kappa shape index (κ1) is 27.2. The van der Waals surface area contributed by atoms with E-state index in [2.05, 4.69) is 79.1 Å². The number of likely N-dealkylation sites (tertiary alicyclic amines) is 1. The van der Waals surface area contributed by atoms with Crippen LogP contribution in [0, 0.1) is 19.8 Å². The number of halogens is 2. The minimum atomic E-state index is -0.486. The lowest BCUT2D eigenvalue weighted by molar-refractivity contribution is 0.0160. The monoisotopic (exact) mass is 643 g/mol. The molecule has 9 heteroatoms. The molecule has 0 saturated carbocycles. The number of nitrogens with zero attached hydrogens (tertiary/aromatic N) is 5. The summed E-state index contributed by atoms with van der Waals surface area (Å²) in [6, 6.07) is 8.76. The molecule has 5 rings (SSSR count). The van der Waals surface area contributed by atoms with Crippen LogP contribution in [0.2, 0.25) is 0 Å². The molecule has 1 saturated heterocycles. The molecule has 0 spiro atoms. The van der Waals surface area contributed by atoms with Gasteiger partial charge in [-0.2, -0.15) is 0 Å². The molecule has 0 aliphatic carbocycles. The van der Waals surface area contributed by atoms with Crippen molar-refractivity contribution in [3.8, 4) is 0 Å². The quantitative estimate of drug-likeness (QED) is 0.222. The van der Waals surface area contributed by atoms with Crippen LogP contribution in [0.25, 0.3) is 22.1 Å². The summed E-state index contributed by atoms with van der Waals surface area (Å²) in [4.78, 5) is 24.1. The molecule has 2 aromatic heterocycles. The highest BCUT2D eigenvalue weighted by Crippen LogP contribution is 2.36. The molecule has 3 heterocycles. The van der Waals surface area contributed by atoms with Crippen LogP contribution in [-0.4, -0.2) is 48.8 Å². The summed E-state index contributed by atoms with van der Waals surface area (Å²) < 4.78 is 12.4. The summed E-state index contributed by atoms with van der Waals surface area (Å²) >= 11 is 7.29. The molecule has 202 valence electrons. The van der Waals surface area contributed by atoms with Crippen LogP contribution in [0.4, 0.5) is 4.79 Å². The van der Waals surface area contributed by atoms with Crippen molar-refractivity contribution in [2.75, 3.05) is 13.1 Å². The zero-order valence-electron chi connectivity index (χ0n) is 22.7. The van der Waals surface area contributed by atoms with E-state index in [0.717, 1.165) is 67.9 Å². The summed E-state index contributed by atoms with van der Waals surface area (Å²) in [5, 5.41) is 0. The van der Waals surface area contributed by atoms with E-state index in [1.165, 1.54) is 0 Å². The number of aryl methyl sites for hydroxylation is 3. The molecule has 0 N–H and O–H groups in total. The van der Waals surface area contributed by atoms with E-state index in [9.17, 15) is 4.79 Å². The van der Waals surface area contributed by atoms with Crippen LogP contribution >= 0.6 is 31.9 Å².